The minimum Gasteiger partial charge on any atom is -0.455 e. The van der Waals surface area contributed by atoms with Crippen molar-refractivity contribution in [2.24, 2.45) is 0 Å². The first-order valence-electron chi connectivity index (χ1n) is 9.68. The fourth-order valence-corrected chi connectivity index (χ4v) is 1.80. The summed E-state index contributed by atoms with van der Waals surface area (Å²) in [6.45, 7) is 14.0. The Kier molecular flexibility index (Phi) is 17.9. The lowest BCUT2D eigenvalue weighted by molar-refractivity contribution is 0.0221. The van der Waals surface area contributed by atoms with Crippen LogP contribution >= 0.6 is 0 Å². The summed E-state index contributed by atoms with van der Waals surface area (Å²) in [5.41, 5.74) is 1.39. The average molecular weight is 373 g/mol. The molecule has 4 heteroatoms. The monoisotopic (exact) mass is 372 g/mol. The van der Waals surface area contributed by atoms with Crippen LogP contribution in [-0.4, -0.2) is 18.7 Å². The Morgan fingerprint density at radius 2 is 1.04 bits per heavy atom. The summed E-state index contributed by atoms with van der Waals surface area (Å²) in [4.78, 5) is 0. The number of nitrogens with one attached hydrogen (secondary N) is 2. The molecule has 0 aromatic heterocycles. The zero-order valence-corrected chi connectivity index (χ0v) is 17.9. The standard InChI is InChI=1S/C16H16N2O2.C3H8.2C2H6/c1-12(19-15-8-4-2-6-13(15)10-17)20-16-9-5-3-7-14(16)11-18;1-3-2;2*1-2/h2-12,17-18H,1H3;3H2,1-2H3;2*1-2H3. The molecule has 4 nitrogen and oxygen atoms in total. The van der Waals surface area contributed by atoms with Crippen molar-refractivity contribution in [3.63, 3.8) is 0 Å². The Morgan fingerprint density at radius 3 is 1.33 bits per heavy atom. The number of hydrogen-bond acceptors (Lipinski definition) is 4. The molecule has 0 aliphatic rings. The predicted octanol–water partition coefficient (Wildman–Crippen LogP) is 6.95. The Labute approximate surface area is 165 Å². The van der Waals surface area contributed by atoms with Gasteiger partial charge in [-0.25, -0.2) is 0 Å². The third kappa shape index (κ3) is 10.9. The minimum absolute atomic E-state index is 0.516. The highest BCUT2D eigenvalue weighted by Crippen LogP contribution is 2.21. The highest BCUT2D eigenvalue weighted by molar-refractivity contribution is 5.81. The number of benzene rings is 2. The van der Waals surface area contributed by atoms with Crippen LogP contribution in [-0.2, 0) is 0 Å². The van der Waals surface area contributed by atoms with Crippen LogP contribution in [0.5, 0.6) is 11.5 Å². The van der Waals surface area contributed by atoms with Crippen LogP contribution in [0.3, 0.4) is 0 Å². The molecule has 0 heterocycles. The lowest BCUT2D eigenvalue weighted by atomic mass is 10.2. The van der Waals surface area contributed by atoms with Crippen LogP contribution in [0.1, 0.15) is 66.0 Å². The first-order chi connectivity index (χ1) is 13.2. The summed E-state index contributed by atoms with van der Waals surface area (Å²) < 4.78 is 11.4. The van der Waals surface area contributed by atoms with Crippen molar-refractivity contribution in [2.45, 2.75) is 61.2 Å². The third-order valence-electron chi connectivity index (χ3n) is 2.73. The second-order valence-electron chi connectivity index (χ2n) is 4.87. The van der Waals surface area contributed by atoms with E-state index in [0.717, 1.165) is 0 Å². The molecule has 0 bridgehead atoms. The molecule has 2 N–H and O–H groups in total. The molecule has 0 saturated carbocycles. The van der Waals surface area contributed by atoms with E-state index in [2.05, 4.69) is 13.8 Å². The van der Waals surface area contributed by atoms with Gasteiger partial charge in [-0.15, -0.1) is 0 Å². The summed E-state index contributed by atoms with van der Waals surface area (Å²) in [6, 6.07) is 14.6. The predicted molar refractivity (Wildman–Crippen MR) is 118 cm³/mol. The van der Waals surface area contributed by atoms with Gasteiger partial charge in [-0.2, -0.15) is 0 Å². The van der Waals surface area contributed by atoms with Crippen LogP contribution in [0, 0.1) is 10.8 Å². The fraction of sp³-hybridized carbons (Fsp3) is 0.391. The largest absolute Gasteiger partial charge is 0.455 e. The van der Waals surface area contributed by atoms with Gasteiger partial charge in [0, 0.05) is 30.5 Å². The normalized spacial score (nSPS) is 9.59. The fourth-order valence-electron chi connectivity index (χ4n) is 1.80. The molecule has 2 aromatic rings. The lowest BCUT2D eigenvalue weighted by Gasteiger charge is -2.18. The highest BCUT2D eigenvalue weighted by atomic mass is 16.7. The topological polar surface area (TPSA) is 66.2 Å². The molecule has 0 spiro atoms. The van der Waals surface area contributed by atoms with Crippen LogP contribution in [0.25, 0.3) is 0 Å². The summed E-state index contributed by atoms with van der Waals surface area (Å²) in [7, 11) is 0. The van der Waals surface area contributed by atoms with Crippen molar-refractivity contribution in [1.29, 1.82) is 10.8 Å². The maximum Gasteiger partial charge on any atom is 0.238 e. The van der Waals surface area contributed by atoms with Gasteiger partial charge in [-0.3, -0.25) is 0 Å². The molecule has 0 aliphatic carbocycles. The van der Waals surface area contributed by atoms with E-state index in [9.17, 15) is 0 Å². The number of ether oxygens (including phenoxy) is 2. The smallest absolute Gasteiger partial charge is 0.238 e. The van der Waals surface area contributed by atoms with E-state index >= 15 is 0 Å². The van der Waals surface area contributed by atoms with Crippen molar-refractivity contribution >= 4 is 12.4 Å². The molecule has 150 valence electrons. The zero-order chi connectivity index (χ0) is 21.1. The Bertz CT molecular complexity index is 574. The van der Waals surface area contributed by atoms with Crippen molar-refractivity contribution in [1.82, 2.24) is 0 Å². The van der Waals surface area contributed by atoms with Gasteiger partial charge in [0.15, 0.2) is 0 Å². The molecule has 0 amide bonds. The lowest BCUT2D eigenvalue weighted by Crippen LogP contribution is -2.20. The second-order valence-corrected chi connectivity index (χ2v) is 4.87. The van der Waals surface area contributed by atoms with E-state index in [4.69, 9.17) is 20.3 Å². The van der Waals surface area contributed by atoms with E-state index in [-0.39, 0.29) is 0 Å². The van der Waals surface area contributed by atoms with E-state index < -0.39 is 6.29 Å². The highest BCUT2D eigenvalue weighted by Gasteiger charge is 2.10. The summed E-state index contributed by atoms with van der Waals surface area (Å²) in [5.74, 6) is 1.20. The molecule has 27 heavy (non-hydrogen) atoms. The zero-order valence-electron chi connectivity index (χ0n) is 17.9. The quantitative estimate of drug-likeness (QED) is 0.425. The van der Waals surface area contributed by atoms with Crippen LogP contribution in [0.2, 0.25) is 0 Å². The van der Waals surface area contributed by atoms with Gasteiger partial charge in [0.2, 0.25) is 6.29 Å². The van der Waals surface area contributed by atoms with Gasteiger partial charge in [0.1, 0.15) is 11.5 Å². The van der Waals surface area contributed by atoms with Gasteiger partial charge in [0.05, 0.1) is 0 Å². The average Bonchev–Trinajstić information content (AvgIpc) is 2.72. The molecule has 0 radical (unpaired) electrons. The molecule has 0 aliphatic heterocycles. The molecule has 0 saturated heterocycles. The molecule has 2 aromatic carbocycles. The van der Waals surface area contributed by atoms with Gasteiger partial charge in [-0.05, 0) is 24.3 Å². The van der Waals surface area contributed by atoms with Crippen LogP contribution in [0.15, 0.2) is 48.5 Å². The SMILES string of the molecule is CC.CC.CC(Oc1ccccc1C=N)Oc1ccccc1C=N.CCC. The van der Waals surface area contributed by atoms with Gasteiger partial charge in [0.25, 0.3) is 0 Å². The summed E-state index contributed by atoms with van der Waals surface area (Å²) in [6.07, 6.45) is 3.22. The maximum atomic E-state index is 7.34. The molecular formula is C23H36N2O2. The second kappa shape index (κ2) is 18.2. The van der Waals surface area contributed by atoms with Crippen molar-refractivity contribution in [3.8, 4) is 11.5 Å². The van der Waals surface area contributed by atoms with Crippen LogP contribution in [0.4, 0.5) is 0 Å². The van der Waals surface area contributed by atoms with E-state index in [0.29, 0.717) is 22.6 Å². The minimum atomic E-state index is -0.516. The van der Waals surface area contributed by atoms with Crippen LogP contribution < -0.4 is 9.47 Å². The maximum absolute atomic E-state index is 7.34. The van der Waals surface area contributed by atoms with E-state index in [1.165, 1.54) is 18.9 Å². The molecular weight excluding hydrogens is 336 g/mol. The summed E-state index contributed by atoms with van der Waals surface area (Å²) in [5, 5.41) is 14.7. The molecule has 2 rings (SSSR count). The first-order valence-corrected chi connectivity index (χ1v) is 9.68. The Hall–Kier alpha value is -2.62. The van der Waals surface area contributed by atoms with Crippen molar-refractivity contribution < 1.29 is 9.47 Å². The number of hydrogen-bond donors (Lipinski definition) is 2. The van der Waals surface area contributed by atoms with Gasteiger partial charge >= 0.3 is 0 Å². The number of para-hydroxylation sites is 2. The Morgan fingerprint density at radius 1 is 0.741 bits per heavy atom. The molecule has 0 unspecified atom stereocenters. The van der Waals surface area contributed by atoms with Crippen molar-refractivity contribution in [3.05, 3.63) is 59.7 Å². The van der Waals surface area contributed by atoms with E-state index in [1.54, 1.807) is 31.2 Å². The summed E-state index contributed by atoms with van der Waals surface area (Å²) >= 11 is 0. The third-order valence-corrected chi connectivity index (χ3v) is 2.73. The number of rotatable bonds is 6. The van der Waals surface area contributed by atoms with Crippen molar-refractivity contribution in [2.75, 3.05) is 0 Å². The molecule has 0 fully saturated rings. The van der Waals surface area contributed by atoms with Gasteiger partial charge < -0.3 is 20.3 Å². The van der Waals surface area contributed by atoms with E-state index in [1.807, 2.05) is 52.0 Å². The Balaban J connectivity index is 0. The first kappa shape index (κ1) is 26.6. The van der Waals surface area contributed by atoms with Gasteiger partial charge in [-0.1, -0.05) is 72.2 Å². The molecule has 0 atom stereocenters.